The average Bonchev–Trinajstić information content (AvgIpc) is 3.52. The van der Waals surface area contributed by atoms with Gasteiger partial charge in [-0.1, -0.05) is 31.3 Å². The van der Waals surface area contributed by atoms with E-state index >= 15 is 0 Å². The fourth-order valence-corrected chi connectivity index (χ4v) is 10.5. The Kier molecular flexibility index (Phi) is 5.90. The largest absolute Gasteiger partial charge is 0.366 e. The van der Waals surface area contributed by atoms with E-state index in [4.69, 9.17) is 9.57 Å². The summed E-state index contributed by atoms with van der Waals surface area (Å²) in [5, 5.41) is 2.87. The third-order valence-corrected chi connectivity index (χ3v) is 13.4. The molecule has 0 radical (unpaired) electrons. The van der Waals surface area contributed by atoms with Crippen molar-refractivity contribution >= 4 is 47.6 Å². The smallest absolute Gasteiger partial charge is 0.363 e. The second-order valence-electron chi connectivity index (χ2n) is 12.9. The molecule has 3 fully saturated rings. The maximum Gasteiger partial charge on any atom is 0.363 e. The van der Waals surface area contributed by atoms with E-state index in [2.05, 4.69) is 37.4 Å². The number of fused-ring (bicyclic) bond motifs is 6. The molecule has 8 rings (SSSR count). The van der Waals surface area contributed by atoms with Crippen LogP contribution in [0.15, 0.2) is 54.6 Å². The molecule has 5 aliphatic heterocycles. The number of halogens is 2. The first-order valence-electron chi connectivity index (χ1n) is 15.0. The number of nitrogens with zero attached hydrogens (tertiary/aromatic N) is 3. The fourth-order valence-electron chi connectivity index (χ4n) is 7.33. The summed E-state index contributed by atoms with van der Waals surface area (Å²) in [6, 6.07) is 17.7. The van der Waals surface area contributed by atoms with Crippen molar-refractivity contribution in [1.82, 2.24) is 5.06 Å². The normalized spacial score (nSPS) is 21.6. The summed E-state index contributed by atoms with van der Waals surface area (Å²) in [6.45, 7) is 6.33. The summed E-state index contributed by atoms with van der Waals surface area (Å²) in [7, 11) is -2.38. The van der Waals surface area contributed by atoms with E-state index < -0.39 is 43.8 Å². The molecule has 11 heteroatoms. The summed E-state index contributed by atoms with van der Waals surface area (Å²) in [6.07, 6.45) is -1.65. The number of hydrogen-bond donors (Lipinski definition) is 0. The number of ether oxygens (including phenoxy) is 1. The number of hydrogen-bond acceptors (Lipinski definition) is 7. The summed E-state index contributed by atoms with van der Waals surface area (Å²) in [5.74, 6) is -1.88. The lowest BCUT2D eigenvalue weighted by atomic mass is 9.78. The molecule has 8 nitrogen and oxygen atoms in total. The quantitative estimate of drug-likeness (QED) is 0.330. The van der Waals surface area contributed by atoms with E-state index in [1.54, 1.807) is 12.1 Å². The van der Waals surface area contributed by atoms with Crippen LogP contribution < -0.4 is 20.2 Å². The minimum absolute atomic E-state index is 0.0112. The van der Waals surface area contributed by atoms with Gasteiger partial charge in [0.25, 0.3) is 11.8 Å². The van der Waals surface area contributed by atoms with E-state index in [9.17, 15) is 23.2 Å². The van der Waals surface area contributed by atoms with Crippen LogP contribution in [0.2, 0.25) is 13.1 Å². The molecule has 0 bridgehead atoms. The maximum atomic E-state index is 13.8. The van der Waals surface area contributed by atoms with Gasteiger partial charge < -0.3 is 19.4 Å². The number of hydroxylamine groups is 2. The zero-order chi connectivity index (χ0) is 30.5. The molecule has 3 aromatic carbocycles. The monoisotopic (exact) mass is 615 g/mol. The van der Waals surface area contributed by atoms with Crippen LogP contribution in [0.25, 0.3) is 0 Å². The molecule has 5 aliphatic rings. The van der Waals surface area contributed by atoms with E-state index in [1.807, 2.05) is 28.0 Å². The zero-order valence-corrected chi connectivity index (χ0v) is 25.4. The lowest BCUT2D eigenvalue weighted by molar-refractivity contribution is -0.172. The molecule has 0 unspecified atom stereocenters. The molecule has 2 amide bonds. The van der Waals surface area contributed by atoms with Gasteiger partial charge in [-0.15, -0.1) is 5.06 Å². The molecule has 0 aromatic heterocycles. The molecular weight excluding hydrogens is 584 g/mol. The molecule has 0 aliphatic carbocycles. The summed E-state index contributed by atoms with van der Waals surface area (Å²) in [5.41, 5.74) is 4.76. The number of carbonyl (C=O) groups is 3. The maximum absolute atomic E-state index is 13.8. The van der Waals surface area contributed by atoms with Gasteiger partial charge in [0, 0.05) is 24.2 Å². The molecule has 0 saturated carbocycles. The highest BCUT2D eigenvalue weighted by molar-refractivity contribution is 7.01. The third kappa shape index (κ3) is 3.84. The molecule has 0 atom stereocenters. The molecule has 5 heterocycles. The van der Waals surface area contributed by atoms with Crippen LogP contribution in [0.1, 0.15) is 45.5 Å². The van der Waals surface area contributed by atoms with Crippen molar-refractivity contribution in [3.63, 3.8) is 0 Å². The van der Waals surface area contributed by atoms with Crippen LogP contribution in [0.3, 0.4) is 0 Å². The number of carbonyl (C=O) groups excluding carboxylic acids is 3. The van der Waals surface area contributed by atoms with Crippen molar-refractivity contribution in [2.45, 2.75) is 50.5 Å². The number of rotatable bonds is 4. The molecule has 226 valence electrons. The van der Waals surface area contributed by atoms with Crippen molar-refractivity contribution in [3.05, 3.63) is 82.4 Å². The number of benzene rings is 3. The van der Waals surface area contributed by atoms with Gasteiger partial charge in [0.05, 0.1) is 38.3 Å². The Hall–Kier alpha value is -4.09. The first kappa shape index (κ1) is 27.5. The van der Waals surface area contributed by atoms with Gasteiger partial charge in [-0.3, -0.25) is 9.59 Å². The summed E-state index contributed by atoms with van der Waals surface area (Å²) in [4.78, 5) is 46.8. The zero-order valence-electron chi connectivity index (χ0n) is 24.4. The van der Waals surface area contributed by atoms with E-state index in [0.717, 1.165) is 44.0 Å². The van der Waals surface area contributed by atoms with Gasteiger partial charge in [-0.2, -0.15) is 0 Å². The van der Waals surface area contributed by atoms with Gasteiger partial charge in [0.2, 0.25) is 0 Å². The summed E-state index contributed by atoms with van der Waals surface area (Å²) >= 11 is 0. The van der Waals surface area contributed by atoms with Crippen LogP contribution >= 0.6 is 0 Å². The SMILES string of the molecule is C[Si]1(C)c2cc(N3CC(F)C3)ccc2C2(OCc3ccc(C(=O)ON4C(=O)CCC4=O)cc32)c2ccc(N3CC(F)C3)cc21. The van der Waals surface area contributed by atoms with Crippen molar-refractivity contribution in [1.29, 1.82) is 0 Å². The molecule has 3 aromatic rings. The van der Waals surface area contributed by atoms with Crippen molar-refractivity contribution in [3.8, 4) is 0 Å². The minimum atomic E-state index is -2.38. The number of imide groups is 1. The topological polar surface area (TPSA) is 79.4 Å². The highest BCUT2D eigenvalue weighted by Crippen LogP contribution is 2.50. The van der Waals surface area contributed by atoms with Gasteiger partial charge in [-0.05, 0) is 69.0 Å². The number of alkyl halides is 2. The predicted octanol–water partition coefficient (Wildman–Crippen LogP) is 3.18. The first-order valence-corrected chi connectivity index (χ1v) is 18.0. The minimum Gasteiger partial charge on any atom is -0.366 e. The second-order valence-corrected chi connectivity index (χ2v) is 17.2. The van der Waals surface area contributed by atoms with Crippen LogP contribution in [-0.2, 0) is 31.4 Å². The average molecular weight is 616 g/mol. The molecule has 0 N–H and O–H groups in total. The summed E-state index contributed by atoms with van der Waals surface area (Å²) < 4.78 is 34.5. The molecular formula is C33H31F2N3O5Si. The van der Waals surface area contributed by atoms with Crippen LogP contribution in [-0.4, -0.2) is 69.4 Å². The van der Waals surface area contributed by atoms with Gasteiger partial charge in [-0.25, -0.2) is 13.6 Å². The van der Waals surface area contributed by atoms with Crippen LogP contribution in [0.5, 0.6) is 0 Å². The first-order chi connectivity index (χ1) is 21.1. The Morgan fingerprint density at radius 1 is 0.818 bits per heavy atom. The van der Waals surface area contributed by atoms with Gasteiger partial charge in [0.15, 0.2) is 0 Å². The third-order valence-electron chi connectivity index (χ3n) is 9.86. The Morgan fingerprint density at radius 3 is 1.89 bits per heavy atom. The molecule has 1 spiro atoms. The highest BCUT2D eigenvalue weighted by Gasteiger charge is 2.53. The standard InChI is InChI=1S/C33H31F2N3O5Si/c1-44(2)28-12-23(36-14-21(34)15-36)5-7-25(28)33(26-8-6-24(13-29(26)44)37-16-22(35)17-37)27-11-19(3-4-20(27)18-42-33)32(41)43-38-30(39)9-10-31(38)40/h3-8,11-13,21-22H,9-10,14-18H2,1-2H3. The Labute approximate surface area is 254 Å². The van der Waals surface area contributed by atoms with Crippen molar-refractivity contribution in [2.75, 3.05) is 36.0 Å². The lowest BCUT2D eigenvalue weighted by Gasteiger charge is -2.46. The van der Waals surface area contributed by atoms with Crippen molar-refractivity contribution < 1.29 is 32.7 Å². The van der Waals surface area contributed by atoms with E-state index in [0.29, 0.717) is 37.8 Å². The Balaban J connectivity index is 1.28. The van der Waals surface area contributed by atoms with Crippen LogP contribution in [0.4, 0.5) is 20.2 Å². The van der Waals surface area contributed by atoms with Gasteiger partial charge in [0.1, 0.15) is 26.0 Å². The van der Waals surface area contributed by atoms with Gasteiger partial charge >= 0.3 is 5.97 Å². The van der Waals surface area contributed by atoms with Crippen molar-refractivity contribution in [2.24, 2.45) is 0 Å². The highest BCUT2D eigenvalue weighted by atomic mass is 28.3. The van der Waals surface area contributed by atoms with E-state index in [1.165, 1.54) is 0 Å². The molecule has 3 saturated heterocycles. The molecule has 44 heavy (non-hydrogen) atoms. The second kappa shape index (κ2) is 9.45. The predicted molar refractivity (Wildman–Crippen MR) is 161 cm³/mol. The van der Waals surface area contributed by atoms with E-state index in [-0.39, 0.29) is 18.4 Å². The van der Waals surface area contributed by atoms with Crippen LogP contribution in [0, 0.1) is 0 Å². The Morgan fingerprint density at radius 2 is 1.36 bits per heavy atom. The Bertz CT molecular complexity index is 1680. The number of amides is 2. The number of anilines is 2. The fraction of sp³-hybridized carbons (Fsp3) is 0.364. The lowest BCUT2D eigenvalue weighted by Crippen LogP contribution is -2.63.